The Balaban J connectivity index is 3.15. The van der Waals surface area contributed by atoms with Gasteiger partial charge in [-0.05, 0) is 19.1 Å². The molecular formula is C16H23NO7. The molecule has 1 amide bonds. The van der Waals surface area contributed by atoms with Gasteiger partial charge in [-0.2, -0.15) is 0 Å². The van der Waals surface area contributed by atoms with Crippen LogP contribution < -0.4 is 19.5 Å². The molecule has 0 saturated carbocycles. The number of carboxylic acids is 1. The van der Waals surface area contributed by atoms with Crippen molar-refractivity contribution in [2.45, 2.75) is 18.9 Å². The number of carboxylic acid groups (broad SMARTS) is 1. The van der Waals surface area contributed by atoms with Crippen LogP contribution in [0.3, 0.4) is 0 Å². The van der Waals surface area contributed by atoms with Crippen molar-refractivity contribution >= 4 is 11.9 Å². The van der Waals surface area contributed by atoms with Crippen LogP contribution in [0, 0.1) is 0 Å². The van der Waals surface area contributed by atoms with Crippen molar-refractivity contribution in [2.75, 3.05) is 35.0 Å². The monoisotopic (exact) mass is 341 g/mol. The molecule has 0 heterocycles. The van der Waals surface area contributed by atoms with Gasteiger partial charge < -0.3 is 29.4 Å². The molecule has 0 fully saturated rings. The van der Waals surface area contributed by atoms with Crippen LogP contribution in [0.25, 0.3) is 0 Å². The van der Waals surface area contributed by atoms with E-state index in [9.17, 15) is 9.59 Å². The lowest BCUT2D eigenvalue weighted by Crippen LogP contribution is -2.50. The molecule has 134 valence electrons. The third-order valence-corrected chi connectivity index (χ3v) is 3.35. The molecule has 0 radical (unpaired) electrons. The second-order valence-electron chi connectivity index (χ2n) is 5.43. The summed E-state index contributed by atoms with van der Waals surface area (Å²) in [7, 11) is 5.78. The summed E-state index contributed by atoms with van der Waals surface area (Å²) in [6, 6.07) is 2.98. The van der Waals surface area contributed by atoms with E-state index in [-0.39, 0.29) is 18.6 Å². The highest BCUT2D eigenvalue weighted by molar-refractivity contribution is 5.96. The van der Waals surface area contributed by atoms with Crippen LogP contribution in [0.5, 0.6) is 17.2 Å². The average molecular weight is 341 g/mol. The summed E-state index contributed by atoms with van der Waals surface area (Å²) in [5, 5.41) is 11.7. The normalized spacial score (nSPS) is 12.9. The van der Waals surface area contributed by atoms with Gasteiger partial charge in [0.05, 0.1) is 39.9 Å². The molecule has 8 heteroatoms. The number of hydrogen-bond donors (Lipinski definition) is 2. The number of ether oxygens (including phenoxy) is 4. The Morgan fingerprint density at radius 3 is 2.00 bits per heavy atom. The molecule has 1 aromatic rings. The average Bonchev–Trinajstić information content (AvgIpc) is 2.52. The van der Waals surface area contributed by atoms with Crippen LogP contribution in [0.15, 0.2) is 12.1 Å². The van der Waals surface area contributed by atoms with Crippen molar-refractivity contribution in [3.63, 3.8) is 0 Å². The lowest BCUT2D eigenvalue weighted by atomic mass is 9.98. The summed E-state index contributed by atoms with van der Waals surface area (Å²) in [6.07, 6.45) is -0.281. The van der Waals surface area contributed by atoms with Crippen LogP contribution >= 0.6 is 0 Å². The molecule has 2 N–H and O–H groups in total. The minimum atomic E-state index is -1.06. The van der Waals surface area contributed by atoms with Gasteiger partial charge in [0.25, 0.3) is 5.91 Å². The van der Waals surface area contributed by atoms with Crippen LogP contribution in [-0.4, -0.2) is 57.6 Å². The second-order valence-corrected chi connectivity index (χ2v) is 5.43. The Labute approximate surface area is 140 Å². The molecule has 0 aliphatic rings. The first-order chi connectivity index (χ1) is 11.3. The molecular weight excluding hydrogens is 318 g/mol. The summed E-state index contributed by atoms with van der Waals surface area (Å²) in [6.45, 7) is 1.65. The van der Waals surface area contributed by atoms with E-state index >= 15 is 0 Å². The van der Waals surface area contributed by atoms with Gasteiger partial charge in [-0.15, -0.1) is 0 Å². The molecule has 0 aliphatic heterocycles. The molecule has 0 bridgehead atoms. The van der Waals surface area contributed by atoms with E-state index in [1.54, 1.807) is 6.92 Å². The lowest BCUT2D eigenvalue weighted by Gasteiger charge is -2.28. The van der Waals surface area contributed by atoms with Crippen LogP contribution in [0.4, 0.5) is 0 Å². The maximum absolute atomic E-state index is 12.5. The Bertz CT molecular complexity index is 577. The SMILES string of the molecule is COCC(C)(CC(=O)O)NC(=O)c1cc(OC)c(OC)c(OC)c1. The van der Waals surface area contributed by atoms with E-state index in [2.05, 4.69) is 5.32 Å². The molecule has 1 aromatic carbocycles. The van der Waals surface area contributed by atoms with Gasteiger partial charge in [-0.25, -0.2) is 0 Å². The molecule has 0 saturated heterocycles. The van der Waals surface area contributed by atoms with Crippen molar-refractivity contribution < 1.29 is 33.6 Å². The Kier molecular flexibility index (Phi) is 6.84. The van der Waals surface area contributed by atoms with Crippen molar-refractivity contribution in [1.82, 2.24) is 5.32 Å². The molecule has 0 aliphatic carbocycles. The first-order valence-corrected chi connectivity index (χ1v) is 7.13. The van der Waals surface area contributed by atoms with Crippen molar-refractivity contribution in [2.24, 2.45) is 0 Å². The minimum Gasteiger partial charge on any atom is -0.493 e. The summed E-state index contributed by atoms with van der Waals surface area (Å²) in [5.74, 6) is -0.501. The summed E-state index contributed by atoms with van der Waals surface area (Å²) >= 11 is 0. The minimum absolute atomic E-state index is 0.0511. The van der Waals surface area contributed by atoms with Crippen LogP contribution in [0.1, 0.15) is 23.7 Å². The fourth-order valence-corrected chi connectivity index (χ4v) is 2.34. The van der Waals surface area contributed by atoms with Crippen molar-refractivity contribution in [3.05, 3.63) is 17.7 Å². The van der Waals surface area contributed by atoms with Crippen LogP contribution in [0.2, 0.25) is 0 Å². The molecule has 24 heavy (non-hydrogen) atoms. The van der Waals surface area contributed by atoms with E-state index in [1.165, 1.54) is 40.6 Å². The summed E-state index contributed by atoms with van der Waals surface area (Å²) in [5.41, 5.74) is -0.810. The molecule has 0 aromatic heterocycles. The molecule has 1 rings (SSSR count). The number of carbonyl (C=O) groups excluding carboxylic acids is 1. The highest BCUT2D eigenvalue weighted by atomic mass is 16.5. The van der Waals surface area contributed by atoms with Gasteiger partial charge in [0, 0.05) is 12.7 Å². The third kappa shape index (κ3) is 4.76. The standard InChI is InChI=1S/C16H23NO7/c1-16(9-21-2,8-13(18)19)17-15(20)10-6-11(22-3)14(24-5)12(7-10)23-4/h6-7H,8-9H2,1-5H3,(H,17,20)(H,18,19). The van der Waals surface area contributed by atoms with Crippen molar-refractivity contribution in [1.29, 1.82) is 0 Å². The first kappa shape index (κ1) is 19.6. The van der Waals surface area contributed by atoms with Gasteiger partial charge in [0.15, 0.2) is 11.5 Å². The lowest BCUT2D eigenvalue weighted by molar-refractivity contribution is -0.139. The second kappa shape index (κ2) is 8.39. The fourth-order valence-electron chi connectivity index (χ4n) is 2.34. The van der Waals surface area contributed by atoms with E-state index < -0.39 is 17.4 Å². The highest BCUT2D eigenvalue weighted by Crippen LogP contribution is 2.38. The number of hydrogen-bond acceptors (Lipinski definition) is 6. The van der Waals surface area contributed by atoms with Gasteiger partial charge in [0.1, 0.15) is 0 Å². The Morgan fingerprint density at radius 2 is 1.62 bits per heavy atom. The number of amides is 1. The predicted molar refractivity (Wildman–Crippen MR) is 86.1 cm³/mol. The fraction of sp³-hybridized carbons (Fsp3) is 0.500. The summed E-state index contributed by atoms with van der Waals surface area (Å²) in [4.78, 5) is 23.6. The molecule has 1 atom stereocenters. The van der Waals surface area contributed by atoms with Crippen molar-refractivity contribution in [3.8, 4) is 17.2 Å². The number of carbonyl (C=O) groups is 2. The number of aliphatic carboxylic acids is 1. The number of benzene rings is 1. The maximum Gasteiger partial charge on any atom is 0.305 e. The van der Waals surface area contributed by atoms with E-state index in [0.29, 0.717) is 17.2 Å². The highest BCUT2D eigenvalue weighted by Gasteiger charge is 2.30. The molecule has 1 unspecified atom stereocenters. The Morgan fingerprint density at radius 1 is 1.08 bits per heavy atom. The van der Waals surface area contributed by atoms with E-state index in [1.807, 2.05) is 0 Å². The van der Waals surface area contributed by atoms with Gasteiger partial charge in [-0.3, -0.25) is 9.59 Å². The topological polar surface area (TPSA) is 103 Å². The molecule has 8 nitrogen and oxygen atoms in total. The van der Waals surface area contributed by atoms with Gasteiger partial charge >= 0.3 is 5.97 Å². The number of rotatable bonds is 9. The maximum atomic E-state index is 12.5. The number of methoxy groups -OCH3 is 4. The smallest absolute Gasteiger partial charge is 0.305 e. The zero-order chi connectivity index (χ0) is 18.3. The predicted octanol–water partition coefficient (Wildman–Crippen LogP) is 1.32. The van der Waals surface area contributed by atoms with E-state index in [0.717, 1.165) is 0 Å². The summed E-state index contributed by atoms with van der Waals surface area (Å²) < 4.78 is 20.6. The van der Waals surface area contributed by atoms with Gasteiger partial charge in [-0.1, -0.05) is 0 Å². The van der Waals surface area contributed by atoms with Crippen LogP contribution in [-0.2, 0) is 9.53 Å². The van der Waals surface area contributed by atoms with Gasteiger partial charge in [0.2, 0.25) is 5.75 Å². The largest absolute Gasteiger partial charge is 0.493 e. The third-order valence-electron chi connectivity index (χ3n) is 3.35. The molecule has 0 spiro atoms. The zero-order valence-corrected chi connectivity index (χ0v) is 14.5. The first-order valence-electron chi connectivity index (χ1n) is 7.13. The number of nitrogens with one attached hydrogen (secondary N) is 1. The van der Waals surface area contributed by atoms with E-state index in [4.69, 9.17) is 24.1 Å². The Hall–Kier alpha value is -2.48. The zero-order valence-electron chi connectivity index (χ0n) is 14.5. The quantitative estimate of drug-likeness (QED) is 0.698.